The number of nitrogens with one attached hydrogen (secondary N) is 1. The van der Waals surface area contributed by atoms with Crippen LogP contribution in [0.15, 0.2) is 72.8 Å². The number of hydrogen-bond acceptors (Lipinski definition) is 2. The highest BCUT2D eigenvalue weighted by Gasteiger charge is 2.19. The summed E-state index contributed by atoms with van der Waals surface area (Å²) in [7, 11) is 0. The lowest BCUT2D eigenvalue weighted by molar-refractivity contribution is 0.102. The minimum absolute atomic E-state index is 0.112. The van der Waals surface area contributed by atoms with Gasteiger partial charge in [0.05, 0.1) is 16.8 Å². The van der Waals surface area contributed by atoms with E-state index in [0.717, 1.165) is 39.0 Å². The molecule has 3 nitrogen and oxygen atoms in total. The minimum Gasteiger partial charge on any atom is -0.322 e. The lowest BCUT2D eigenvalue weighted by Crippen LogP contribution is -2.16. The highest BCUT2D eigenvalue weighted by molar-refractivity contribution is 6.14. The largest absolute Gasteiger partial charge is 0.322 e. The number of anilines is 1. The quantitative estimate of drug-likeness (QED) is 0.477. The third-order valence-electron chi connectivity index (χ3n) is 5.08. The molecule has 3 heteroatoms. The summed E-state index contributed by atoms with van der Waals surface area (Å²) in [5.74, 6) is -0.112. The van der Waals surface area contributed by atoms with Crippen LogP contribution in [0.2, 0.25) is 0 Å². The molecule has 0 radical (unpaired) electrons. The summed E-state index contributed by atoms with van der Waals surface area (Å²) >= 11 is 0. The molecular formula is C25H22N2O. The summed E-state index contributed by atoms with van der Waals surface area (Å²) < 4.78 is 0. The van der Waals surface area contributed by atoms with Crippen molar-refractivity contribution in [1.29, 1.82) is 0 Å². The van der Waals surface area contributed by atoms with Gasteiger partial charge >= 0.3 is 0 Å². The molecule has 1 N–H and O–H groups in total. The van der Waals surface area contributed by atoms with E-state index in [-0.39, 0.29) is 5.91 Å². The Labute approximate surface area is 165 Å². The van der Waals surface area contributed by atoms with Gasteiger partial charge < -0.3 is 5.32 Å². The molecular weight excluding hydrogens is 344 g/mol. The molecule has 0 aliphatic heterocycles. The second-order valence-electron chi connectivity index (χ2n) is 7.11. The monoisotopic (exact) mass is 366 g/mol. The number of fused-ring (bicyclic) bond motifs is 1. The van der Waals surface area contributed by atoms with E-state index in [9.17, 15) is 4.79 Å². The van der Waals surface area contributed by atoms with Gasteiger partial charge in [-0.05, 0) is 44.0 Å². The van der Waals surface area contributed by atoms with Gasteiger partial charge in [0.1, 0.15) is 0 Å². The van der Waals surface area contributed by atoms with Gasteiger partial charge in [0.25, 0.3) is 5.91 Å². The van der Waals surface area contributed by atoms with Crippen LogP contribution in [0.25, 0.3) is 22.2 Å². The molecule has 28 heavy (non-hydrogen) atoms. The molecule has 0 aliphatic carbocycles. The van der Waals surface area contributed by atoms with Crippen LogP contribution in [0, 0.1) is 20.8 Å². The summed E-state index contributed by atoms with van der Waals surface area (Å²) in [4.78, 5) is 18.2. The summed E-state index contributed by atoms with van der Waals surface area (Å²) in [5.41, 5.74) is 7.28. The van der Waals surface area contributed by atoms with Crippen molar-refractivity contribution < 1.29 is 4.79 Å². The zero-order valence-corrected chi connectivity index (χ0v) is 16.3. The third kappa shape index (κ3) is 3.27. The number of para-hydroxylation sites is 2. The van der Waals surface area contributed by atoms with Crippen molar-refractivity contribution in [3.05, 3.63) is 95.1 Å². The second kappa shape index (κ2) is 7.28. The lowest BCUT2D eigenvalue weighted by Gasteiger charge is -2.15. The van der Waals surface area contributed by atoms with Crippen LogP contribution in [0.5, 0.6) is 0 Å². The SMILES string of the molecule is Cc1ccc(-c2nc3ccccc3c(C(=O)Nc3ccccc3C)c2C)cc1. The molecule has 4 aromatic rings. The average molecular weight is 366 g/mol. The molecule has 1 heterocycles. The van der Waals surface area contributed by atoms with E-state index in [4.69, 9.17) is 4.98 Å². The van der Waals surface area contributed by atoms with Crippen LogP contribution in [0.4, 0.5) is 5.69 Å². The van der Waals surface area contributed by atoms with E-state index in [1.54, 1.807) is 0 Å². The maximum absolute atomic E-state index is 13.3. The first kappa shape index (κ1) is 17.9. The summed E-state index contributed by atoms with van der Waals surface area (Å²) in [6, 6.07) is 23.9. The van der Waals surface area contributed by atoms with Crippen LogP contribution in [-0.4, -0.2) is 10.9 Å². The van der Waals surface area contributed by atoms with Gasteiger partial charge in [-0.3, -0.25) is 4.79 Å². The number of pyridine rings is 1. The van der Waals surface area contributed by atoms with Crippen LogP contribution in [0.1, 0.15) is 27.0 Å². The van der Waals surface area contributed by atoms with Crippen LogP contribution in [0.3, 0.4) is 0 Å². The molecule has 0 saturated heterocycles. The summed E-state index contributed by atoms with van der Waals surface area (Å²) in [6.07, 6.45) is 0. The number of benzene rings is 3. The Morgan fingerprint density at radius 1 is 0.821 bits per heavy atom. The average Bonchev–Trinajstić information content (AvgIpc) is 2.70. The number of aryl methyl sites for hydroxylation is 2. The Balaban J connectivity index is 1.89. The highest BCUT2D eigenvalue weighted by Crippen LogP contribution is 2.30. The minimum atomic E-state index is -0.112. The fourth-order valence-electron chi connectivity index (χ4n) is 3.49. The maximum Gasteiger partial charge on any atom is 0.256 e. The molecule has 0 aliphatic rings. The molecule has 1 aromatic heterocycles. The normalized spacial score (nSPS) is 10.8. The predicted molar refractivity (Wildman–Crippen MR) is 116 cm³/mol. The molecule has 1 amide bonds. The smallest absolute Gasteiger partial charge is 0.256 e. The van der Waals surface area contributed by atoms with Gasteiger partial charge in [-0.25, -0.2) is 4.98 Å². The van der Waals surface area contributed by atoms with E-state index < -0.39 is 0 Å². The van der Waals surface area contributed by atoms with Gasteiger partial charge in [0.15, 0.2) is 0 Å². The van der Waals surface area contributed by atoms with Crippen molar-refractivity contribution in [2.24, 2.45) is 0 Å². The van der Waals surface area contributed by atoms with Crippen molar-refractivity contribution in [2.75, 3.05) is 5.32 Å². The Bertz CT molecular complexity index is 1180. The first-order valence-corrected chi connectivity index (χ1v) is 9.38. The number of carbonyl (C=O) groups is 1. The van der Waals surface area contributed by atoms with Crippen LogP contribution >= 0.6 is 0 Å². The first-order valence-electron chi connectivity index (χ1n) is 9.38. The number of hydrogen-bond donors (Lipinski definition) is 1. The summed E-state index contributed by atoms with van der Waals surface area (Å²) in [6.45, 7) is 6.03. The van der Waals surface area contributed by atoms with E-state index in [1.165, 1.54) is 5.56 Å². The van der Waals surface area contributed by atoms with Crippen molar-refractivity contribution in [2.45, 2.75) is 20.8 Å². The Morgan fingerprint density at radius 2 is 1.50 bits per heavy atom. The van der Waals surface area contributed by atoms with Gasteiger partial charge in [-0.1, -0.05) is 66.2 Å². The second-order valence-corrected chi connectivity index (χ2v) is 7.11. The van der Waals surface area contributed by atoms with E-state index in [2.05, 4.69) is 36.5 Å². The topological polar surface area (TPSA) is 42.0 Å². The molecule has 0 spiro atoms. The number of aromatic nitrogens is 1. The van der Waals surface area contributed by atoms with Gasteiger partial charge in [-0.2, -0.15) is 0 Å². The van der Waals surface area contributed by atoms with E-state index >= 15 is 0 Å². The lowest BCUT2D eigenvalue weighted by atomic mass is 9.96. The number of rotatable bonds is 3. The molecule has 0 fully saturated rings. The third-order valence-corrected chi connectivity index (χ3v) is 5.08. The molecule has 0 atom stereocenters. The predicted octanol–water partition coefficient (Wildman–Crippen LogP) is 6.08. The standard InChI is InChI=1S/C25H22N2O/c1-16-12-14-19(15-13-16)24-18(3)23(20-9-5-7-11-22(20)26-24)25(28)27-21-10-6-4-8-17(21)2/h4-15H,1-3H3,(H,27,28). The number of amides is 1. The van der Waals surface area contributed by atoms with Crippen molar-refractivity contribution >= 4 is 22.5 Å². The van der Waals surface area contributed by atoms with Crippen molar-refractivity contribution in [3.8, 4) is 11.3 Å². The van der Waals surface area contributed by atoms with Crippen molar-refractivity contribution in [3.63, 3.8) is 0 Å². The van der Waals surface area contributed by atoms with E-state index in [1.807, 2.05) is 62.4 Å². The maximum atomic E-state index is 13.3. The Morgan fingerprint density at radius 3 is 2.25 bits per heavy atom. The first-order chi connectivity index (χ1) is 13.5. The molecule has 138 valence electrons. The molecule has 4 rings (SSSR count). The van der Waals surface area contributed by atoms with Crippen LogP contribution in [-0.2, 0) is 0 Å². The number of nitrogens with zero attached hydrogens (tertiary/aromatic N) is 1. The van der Waals surface area contributed by atoms with Crippen LogP contribution < -0.4 is 5.32 Å². The van der Waals surface area contributed by atoms with Gasteiger partial charge in [-0.15, -0.1) is 0 Å². The zero-order valence-electron chi connectivity index (χ0n) is 16.3. The van der Waals surface area contributed by atoms with E-state index in [0.29, 0.717) is 5.56 Å². The number of carbonyl (C=O) groups excluding carboxylic acids is 1. The highest BCUT2D eigenvalue weighted by atomic mass is 16.1. The van der Waals surface area contributed by atoms with Gasteiger partial charge in [0, 0.05) is 16.6 Å². The summed E-state index contributed by atoms with van der Waals surface area (Å²) in [5, 5.41) is 3.94. The van der Waals surface area contributed by atoms with Crippen molar-refractivity contribution in [1.82, 2.24) is 4.98 Å². The molecule has 0 unspecified atom stereocenters. The fraction of sp³-hybridized carbons (Fsp3) is 0.120. The Kier molecular flexibility index (Phi) is 4.66. The molecule has 0 bridgehead atoms. The zero-order chi connectivity index (χ0) is 19.7. The Hall–Kier alpha value is -3.46. The molecule has 0 saturated carbocycles. The fourth-order valence-corrected chi connectivity index (χ4v) is 3.49. The molecule has 3 aromatic carbocycles. The van der Waals surface area contributed by atoms with Gasteiger partial charge in [0.2, 0.25) is 0 Å².